The average Bonchev–Trinajstić information content (AvgIpc) is 3.21. The molecule has 2 atom stereocenters. The van der Waals surface area contributed by atoms with Gasteiger partial charge in [0.2, 0.25) is 0 Å². The summed E-state index contributed by atoms with van der Waals surface area (Å²) in [6, 6.07) is 13.6. The minimum Gasteiger partial charge on any atom is -0.507 e. The molecule has 0 fully saturated rings. The van der Waals surface area contributed by atoms with E-state index < -0.39 is 0 Å². The van der Waals surface area contributed by atoms with Crippen molar-refractivity contribution in [2.45, 2.75) is 155 Å². The van der Waals surface area contributed by atoms with Crippen LogP contribution in [0.5, 0.6) is 5.75 Å². The summed E-state index contributed by atoms with van der Waals surface area (Å²) in [6.07, 6.45) is 23.1. The number of benzene rings is 3. The summed E-state index contributed by atoms with van der Waals surface area (Å²) in [5, 5.41) is 13.9. The molecule has 318 valence electrons. The number of esters is 1. The van der Waals surface area contributed by atoms with Gasteiger partial charge < -0.3 is 24.6 Å². The molecule has 3 aromatic rings. The first-order valence-electron chi connectivity index (χ1n) is 21.8. The quantitative estimate of drug-likeness (QED) is 0.0315. The minimum atomic E-state index is -0.386. The Morgan fingerprint density at radius 3 is 1.72 bits per heavy atom. The average molecular weight is 928 g/mol. The Morgan fingerprint density at radius 2 is 1.17 bits per heavy atom. The van der Waals surface area contributed by atoms with E-state index in [-0.39, 0.29) is 58.8 Å². The summed E-state index contributed by atoms with van der Waals surface area (Å²) in [6.45, 7) is 7.23. The second-order valence-electron chi connectivity index (χ2n) is 15.8. The van der Waals surface area contributed by atoms with Crippen LogP contribution < -0.4 is 5.32 Å². The van der Waals surface area contributed by atoms with Crippen LogP contribution in [0.4, 0.5) is 11.4 Å². The highest BCUT2D eigenvalue weighted by molar-refractivity contribution is 9.11. The number of nitrogens with one attached hydrogen (secondary N) is 1. The molecule has 2 N–H and O–H groups in total. The highest BCUT2D eigenvalue weighted by Gasteiger charge is 2.34. The summed E-state index contributed by atoms with van der Waals surface area (Å²) in [5.41, 5.74) is 2.85. The Hall–Kier alpha value is -3.05. The van der Waals surface area contributed by atoms with Crippen LogP contribution in [0.15, 0.2) is 57.5 Å². The number of ketones is 2. The molecule has 2 unspecified atom stereocenters. The van der Waals surface area contributed by atoms with Crippen LogP contribution in [-0.4, -0.2) is 54.7 Å². The third kappa shape index (κ3) is 15.5. The Bertz CT molecular complexity index is 1740. The zero-order chi connectivity index (χ0) is 41.7. The highest BCUT2D eigenvalue weighted by atomic mass is 79.9. The van der Waals surface area contributed by atoms with Gasteiger partial charge in [-0.3, -0.25) is 14.4 Å². The SMILES string of the molecule is CCCCCCCCCCCCCCCCCCCC(=O)OCC(C)OCC(C)OCCc1cc(Br)c(Nc2ccc(O)c3c2C(=O)c2ccccc2C3=O)c(Br)c1. The fourth-order valence-electron chi connectivity index (χ4n) is 7.38. The smallest absolute Gasteiger partial charge is 0.305 e. The zero-order valence-corrected chi connectivity index (χ0v) is 38.2. The lowest BCUT2D eigenvalue weighted by Crippen LogP contribution is -2.25. The molecule has 0 saturated heterocycles. The molecule has 0 saturated carbocycles. The number of hydrogen-bond acceptors (Lipinski definition) is 8. The summed E-state index contributed by atoms with van der Waals surface area (Å²) in [7, 11) is 0. The maximum Gasteiger partial charge on any atom is 0.305 e. The van der Waals surface area contributed by atoms with Gasteiger partial charge in [-0.05, 0) is 88.4 Å². The van der Waals surface area contributed by atoms with Crippen molar-refractivity contribution in [3.05, 3.63) is 85.3 Å². The number of halogens is 2. The van der Waals surface area contributed by atoms with Crippen molar-refractivity contribution >= 4 is 60.8 Å². The molecular weight excluding hydrogens is 862 g/mol. The summed E-state index contributed by atoms with van der Waals surface area (Å²) < 4.78 is 18.9. The van der Waals surface area contributed by atoms with E-state index in [1.165, 1.54) is 102 Å². The van der Waals surface area contributed by atoms with Crippen LogP contribution in [0, 0.1) is 0 Å². The molecule has 0 heterocycles. The van der Waals surface area contributed by atoms with Gasteiger partial charge in [0.15, 0.2) is 11.6 Å². The summed E-state index contributed by atoms with van der Waals surface area (Å²) >= 11 is 7.32. The minimum absolute atomic E-state index is 0.000819. The van der Waals surface area contributed by atoms with Crippen LogP contribution in [0.25, 0.3) is 0 Å². The molecule has 1 aliphatic rings. The molecule has 3 aromatic carbocycles. The lowest BCUT2D eigenvalue weighted by Gasteiger charge is -2.22. The second-order valence-corrected chi connectivity index (χ2v) is 17.5. The van der Waals surface area contributed by atoms with Gasteiger partial charge in [0, 0.05) is 26.5 Å². The van der Waals surface area contributed by atoms with Gasteiger partial charge in [-0.25, -0.2) is 0 Å². The van der Waals surface area contributed by atoms with Crippen LogP contribution >= 0.6 is 31.9 Å². The molecule has 0 spiro atoms. The van der Waals surface area contributed by atoms with Gasteiger partial charge >= 0.3 is 5.97 Å². The molecule has 4 rings (SSSR count). The first-order valence-corrected chi connectivity index (χ1v) is 23.4. The molecule has 0 amide bonds. The number of ether oxygens (including phenoxy) is 3. The summed E-state index contributed by atoms with van der Waals surface area (Å²) in [4.78, 5) is 39.0. The van der Waals surface area contributed by atoms with Gasteiger partial charge in [-0.1, -0.05) is 134 Å². The monoisotopic (exact) mass is 925 g/mol. The van der Waals surface area contributed by atoms with Crippen molar-refractivity contribution in [1.29, 1.82) is 0 Å². The third-order valence-corrected chi connectivity index (χ3v) is 12.0. The van der Waals surface area contributed by atoms with E-state index in [0.29, 0.717) is 43.0 Å². The molecular formula is C48H65Br2NO7. The fraction of sp³-hybridized carbons (Fsp3) is 0.562. The lowest BCUT2D eigenvalue weighted by molar-refractivity contribution is -0.148. The van der Waals surface area contributed by atoms with Gasteiger partial charge in [0.1, 0.15) is 12.4 Å². The predicted molar refractivity (Wildman–Crippen MR) is 241 cm³/mol. The van der Waals surface area contributed by atoms with Crippen molar-refractivity contribution in [2.75, 3.05) is 25.1 Å². The van der Waals surface area contributed by atoms with E-state index in [2.05, 4.69) is 44.1 Å². The van der Waals surface area contributed by atoms with E-state index in [0.717, 1.165) is 27.4 Å². The number of phenolic OH excluding ortho intramolecular Hbond substituents is 1. The first kappa shape index (κ1) is 47.6. The number of phenols is 1. The van der Waals surface area contributed by atoms with Crippen molar-refractivity contribution in [1.82, 2.24) is 0 Å². The van der Waals surface area contributed by atoms with Gasteiger partial charge in [0.25, 0.3) is 0 Å². The zero-order valence-electron chi connectivity index (χ0n) is 35.0. The van der Waals surface area contributed by atoms with Crippen molar-refractivity contribution in [2.24, 2.45) is 0 Å². The van der Waals surface area contributed by atoms with Crippen LogP contribution in [-0.2, 0) is 25.4 Å². The normalized spacial score (nSPS) is 13.3. The number of hydrogen-bond donors (Lipinski definition) is 2. The molecule has 58 heavy (non-hydrogen) atoms. The lowest BCUT2D eigenvalue weighted by atomic mass is 9.82. The third-order valence-electron chi connectivity index (χ3n) is 10.8. The number of carbonyl (C=O) groups is 3. The number of aromatic hydroxyl groups is 1. The van der Waals surface area contributed by atoms with Gasteiger partial charge in [0.05, 0.1) is 47.9 Å². The van der Waals surface area contributed by atoms with Crippen LogP contribution in [0.1, 0.15) is 174 Å². The van der Waals surface area contributed by atoms with E-state index >= 15 is 0 Å². The number of fused-ring (bicyclic) bond motifs is 2. The molecule has 0 aromatic heterocycles. The van der Waals surface area contributed by atoms with E-state index in [1.54, 1.807) is 30.3 Å². The van der Waals surface area contributed by atoms with Crippen molar-refractivity contribution in [3.8, 4) is 5.75 Å². The number of anilines is 2. The number of rotatable bonds is 29. The highest BCUT2D eigenvalue weighted by Crippen LogP contribution is 2.41. The number of unbranched alkanes of at least 4 members (excludes halogenated alkanes) is 16. The van der Waals surface area contributed by atoms with Crippen LogP contribution in [0.2, 0.25) is 0 Å². The molecule has 1 aliphatic carbocycles. The first-order chi connectivity index (χ1) is 28.1. The Morgan fingerprint density at radius 1 is 0.672 bits per heavy atom. The summed E-state index contributed by atoms with van der Waals surface area (Å²) in [5.74, 6) is -1.10. The largest absolute Gasteiger partial charge is 0.507 e. The Kier molecular flexibility index (Phi) is 21.5. The molecule has 10 heteroatoms. The van der Waals surface area contributed by atoms with Gasteiger partial charge in [-0.2, -0.15) is 0 Å². The van der Waals surface area contributed by atoms with E-state index in [9.17, 15) is 19.5 Å². The maximum atomic E-state index is 13.5. The molecule has 8 nitrogen and oxygen atoms in total. The molecule has 0 radical (unpaired) electrons. The topological polar surface area (TPSA) is 111 Å². The van der Waals surface area contributed by atoms with Gasteiger partial charge in [-0.15, -0.1) is 0 Å². The fourth-order valence-corrected chi connectivity index (χ4v) is 8.86. The Balaban J connectivity index is 1.05. The number of carbonyl (C=O) groups excluding carboxylic acids is 3. The Labute approximate surface area is 363 Å². The van der Waals surface area contributed by atoms with Crippen LogP contribution in [0.3, 0.4) is 0 Å². The van der Waals surface area contributed by atoms with E-state index in [4.69, 9.17) is 14.2 Å². The van der Waals surface area contributed by atoms with Crippen molar-refractivity contribution in [3.63, 3.8) is 0 Å². The maximum absolute atomic E-state index is 13.5. The van der Waals surface area contributed by atoms with E-state index in [1.807, 2.05) is 26.0 Å². The standard InChI is InChI=1S/C48H65Br2NO7/c1-4-5-6-7-8-9-10-11-12-13-14-15-16-17-18-19-20-25-43(53)58-33-35(3)57-32-34(2)56-29-28-36-30-39(49)46(40(50)31-36)51-41-26-27-42(52)45-44(41)47(54)37-23-21-22-24-38(37)48(45)55/h21-24,26-27,30-31,34-35,51-52H,4-20,25,28-29,32-33H2,1-3H3. The second kappa shape index (κ2) is 26.2. The van der Waals surface area contributed by atoms with Crippen molar-refractivity contribution < 1.29 is 33.7 Å². The molecule has 0 bridgehead atoms. The predicted octanol–water partition coefficient (Wildman–Crippen LogP) is 13.4. The molecule has 0 aliphatic heterocycles.